The highest BCUT2D eigenvalue weighted by Gasteiger charge is 2.38. The van der Waals surface area contributed by atoms with Gasteiger partial charge in [-0.15, -0.1) is 0 Å². The largest absolute Gasteiger partial charge is 0.461 e. The summed E-state index contributed by atoms with van der Waals surface area (Å²) in [6.45, 7) is 4.29. The average Bonchev–Trinajstić information content (AvgIpc) is 3.26. The van der Waals surface area contributed by atoms with Gasteiger partial charge in [-0.25, -0.2) is 0 Å². The third-order valence-corrected chi connectivity index (χ3v) is 5.34. The number of para-hydroxylation sites is 1. The number of rotatable bonds is 5. The summed E-state index contributed by atoms with van der Waals surface area (Å²) in [5.74, 6) is 1.91. The van der Waals surface area contributed by atoms with E-state index in [1.807, 2.05) is 25.2 Å². The molecule has 2 N–H and O–H groups in total. The van der Waals surface area contributed by atoms with Gasteiger partial charge in [0.25, 0.3) is 0 Å². The van der Waals surface area contributed by atoms with Gasteiger partial charge in [0.2, 0.25) is 0 Å². The third kappa shape index (κ3) is 3.82. The maximum absolute atomic E-state index is 5.87. The summed E-state index contributed by atoms with van der Waals surface area (Å²) >= 11 is 0. The molecule has 1 aromatic heterocycles. The van der Waals surface area contributed by atoms with Crippen LogP contribution in [0, 0.1) is 0 Å². The van der Waals surface area contributed by atoms with Crippen LogP contribution in [0.2, 0.25) is 0 Å². The van der Waals surface area contributed by atoms with Crippen LogP contribution >= 0.6 is 0 Å². The normalized spacial score (nSPS) is 24.8. The Labute approximate surface area is 149 Å². The van der Waals surface area contributed by atoms with Gasteiger partial charge in [0.05, 0.1) is 0 Å². The van der Waals surface area contributed by atoms with Crippen LogP contribution in [-0.2, 0) is 6.42 Å². The van der Waals surface area contributed by atoms with Crippen molar-refractivity contribution >= 4 is 16.9 Å². The Morgan fingerprint density at radius 2 is 2.16 bits per heavy atom. The number of hydrogen-bond acceptors (Lipinski definition) is 3. The first-order valence-corrected chi connectivity index (χ1v) is 9.43. The molecule has 5 nitrogen and oxygen atoms in total. The second-order valence-electron chi connectivity index (χ2n) is 7.35. The average molecular weight is 340 g/mol. The fraction of sp³-hybridized carbons (Fsp3) is 0.550. The minimum atomic E-state index is 0.494. The number of nitrogens with zero attached hydrogens (tertiary/aromatic N) is 2. The number of guanidine groups is 1. The lowest BCUT2D eigenvalue weighted by atomic mass is 10.2. The topological polar surface area (TPSA) is 52.8 Å². The molecule has 1 aromatic carbocycles. The molecule has 0 spiro atoms. The van der Waals surface area contributed by atoms with E-state index >= 15 is 0 Å². The van der Waals surface area contributed by atoms with E-state index in [0.717, 1.165) is 42.9 Å². The van der Waals surface area contributed by atoms with Crippen molar-refractivity contribution in [3.8, 4) is 0 Å². The third-order valence-electron chi connectivity index (χ3n) is 5.34. The standard InChI is InChI=1S/C20H28N4O/c1-14-11-16(13-24(14)17-7-8-17)23-20(21-2)22-10-9-18-12-15-5-3-4-6-19(15)25-18/h3-6,12,14,16-17H,7-11,13H2,1-2H3,(H2,21,22,23). The van der Waals surface area contributed by atoms with Crippen LogP contribution in [0.3, 0.4) is 0 Å². The summed E-state index contributed by atoms with van der Waals surface area (Å²) in [5.41, 5.74) is 0.958. The number of hydrogen-bond donors (Lipinski definition) is 2. The van der Waals surface area contributed by atoms with Crippen molar-refractivity contribution in [2.45, 2.75) is 50.7 Å². The van der Waals surface area contributed by atoms with Crippen molar-refractivity contribution in [2.75, 3.05) is 20.1 Å². The zero-order chi connectivity index (χ0) is 17.2. The van der Waals surface area contributed by atoms with E-state index < -0.39 is 0 Å². The molecule has 1 saturated carbocycles. The van der Waals surface area contributed by atoms with Gasteiger partial charge in [-0.3, -0.25) is 9.89 Å². The minimum absolute atomic E-state index is 0.494. The molecule has 0 radical (unpaired) electrons. The Morgan fingerprint density at radius 1 is 1.32 bits per heavy atom. The van der Waals surface area contributed by atoms with Crippen LogP contribution in [0.5, 0.6) is 0 Å². The van der Waals surface area contributed by atoms with E-state index in [-0.39, 0.29) is 0 Å². The number of likely N-dealkylation sites (tertiary alicyclic amines) is 1. The predicted octanol–water partition coefficient (Wildman–Crippen LogP) is 2.77. The fourth-order valence-corrected chi connectivity index (χ4v) is 3.93. The first-order chi connectivity index (χ1) is 12.2. The van der Waals surface area contributed by atoms with Crippen LogP contribution in [0.25, 0.3) is 11.0 Å². The summed E-state index contributed by atoms with van der Waals surface area (Å²) in [5, 5.41) is 8.18. The summed E-state index contributed by atoms with van der Waals surface area (Å²) in [4.78, 5) is 7.03. The molecular formula is C20H28N4O. The molecule has 2 aliphatic rings. The van der Waals surface area contributed by atoms with Gasteiger partial charge in [-0.05, 0) is 38.3 Å². The van der Waals surface area contributed by atoms with Gasteiger partial charge in [-0.2, -0.15) is 0 Å². The Balaban J connectivity index is 1.26. The van der Waals surface area contributed by atoms with Gasteiger partial charge in [0.1, 0.15) is 11.3 Å². The van der Waals surface area contributed by atoms with E-state index in [1.165, 1.54) is 24.6 Å². The molecular weight excluding hydrogens is 312 g/mol. The Hall–Kier alpha value is -2.01. The highest BCUT2D eigenvalue weighted by Crippen LogP contribution is 2.33. The lowest BCUT2D eigenvalue weighted by Crippen LogP contribution is -2.45. The molecule has 134 valence electrons. The zero-order valence-corrected chi connectivity index (χ0v) is 15.2. The summed E-state index contributed by atoms with van der Waals surface area (Å²) in [6.07, 6.45) is 4.80. The maximum atomic E-state index is 5.87. The van der Waals surface area contributed by atoms with E-state index in [4.69, 9.17) is 4.42 Å². The van der Waals surface area contributed by atoms with Gasteiger partial charge in [-0.1, -0.05) is 18.2 Å². The summed E-state index contributed by atoms with van der Waals surface area (Å²) in [7, 11) is 1.84. The molecule has 5 heteroatoms. The molecule has 1 aliphatic heterocycles. The molecule has 4 rings (SSSR count). The number of nitrogens with one attached hydrogen (secondary N) is 2. The van der Waals surface area contributed by atoms with Crippen molar-refractivity contribution < 1.29 is 4.42 Å². The van der Waals surface area contributed by atoms with E-state index in [9.17, 15) is 0 Å². The Bertz CT molecular complexity index is 716. The molecule has 2 heterocycles. The monoisotopic (exact) mass is 340 g/mol. The lowest BCUT2D eigenvalue weighted by molar-refractivity contribution is 0.256. The van der Waals surface area contributed by atoms with Gasteiger partial charge in [0.15, 0.2) is 5.96 Å². The fourth-order valence-electron chi connectivity index (χ4n) is 3.93. The number of benzene rings is 1. The first-order valence-electron chi connectivity index (χ1n) is 9.43. The first kappa shape index (κ1) is 16.5. The van der Waals surface area contributed by atoms with Crippen molar-refractivity contribution in [3.05, 3.63) is 36.1 Å². The minimum Gasteiger partial charge on any atom is -0.461 e. The molecule has 2 atom stereocenters. The van der Waals surface area contributed by atoms with Gasteiger partial charge >= 0.3 is 0 Å². The molecule has 25 heavy (non-hydrogen) atoms. The van der Waals surface area contributed by atoms with Crippen LogP contribution in [0.15, 0.2) is 39.7 Å². The van der Waals surface area contributed by atoms with Crippen LogP contribution in [0.1, 0.15) is 31.9 Å². The van der Waals surface area contributed by atoms with Crippen molar-refractivity contribution in [1.29, 1.82) is 0 Å². The summed E-state index contributed by atoms with van der Waals surface area (Å²) < 4.78 is 5.87. The smallest absolute Gasteiger partial charge is 0.191 e. The van der Waals surface area contributed by atoms with E-state index in [1.54, 1.807) is 0 Å². The predicted molar refractivity (Wildman–Crippen MR) is 102 cm³/mol. The molecule has 0 bridgehead atoms. The maximum Gasteiger partial charge on any atom is 0.191 e. The van der Waals surface area contributed by atoms with Crippen molar-refractivity contribution in [3.63, 3.8) is 0 Å². The SMILES string of the molecule is CN=C(NCCc1cc2ccccc2o1)NC1CC(C)N(C2CC2)C1. The molecule has 2 aromatic rings. The van der Waals surface area contributed by atoms with Crippen LogP contribution in [0.4, 0.5) is 0 Å². The van der Waals surface area contributed by atoms with Crippen molar-refractivity contribution in [2.24, 2.45) is 4.99 Å². The lowest BCUT2D eigenvalue weighted by Gasteiger charge is -2.20. The van der Waals surface area contributed by atoms with Crippen molar-refractivity contribution in [1.82, 2.24) is 15.5 Å². The second-order valence-corrected chi connectivity index (χ2v) is 7.35. The van der Waals surface area contributed by atoms with E-state index in [2.05, 4.69) is 39.6 Å². The van der Waals surface area contributed by atoms with Crippen LogP contribution in [-0.4, -0.2) is 49.1 Å². The molecule has 2 unspecified atom stereocenters. The zero-order valence-electron chi connectivity index (χ0n) is 15.2. The quantitative estimate of drug-likeness (QED) is 0.649. The van der Waals surface area contributed by atoms with Crippen LogP contribution < -0.4 is 10.6 Å². The Morgan fingerprint density at radius 3 is 2.92 bits per heavy atom. The highest BCUT2D eigenvalue weighted by molar-refractivity contribution is 5.80. The number of aliphatic imine (C=N–C) groups is 1. The summed E-state index contributed by atoms with van der Waals surface area (Å²) in [6, 6.07) is 12.3. The number of fused-ring (bicyclic) bond motifs is 1. The Kier molecular flexibility index (Phi) is 4.66. The highest BCUT2D eigenvalue weighted by atomic mass is 16.3. The molecule has 2 fully saturated rings. The van der Waals surface area contributed by atoms with Gasteiger partial charge in [0, 0.05) is 50.1 Å². The molecule has 1 aliphatic carbocycles. The van der Waals surface area contributed by atoms with E-state index in [0.29, 0.717) is 12.1 Å². The molecule has 0 amide bonds. The molecule has 1 saturated heterocycles. The second kappa shape index (κ2) is 7.08. The number of furan rings is 1. The van der Waals surface area contributed by atoms with Gasteiger partial charge < -0.3 is 15.1 Å².